The number of halogens is 2. The number of amides is 1. The van der Waals surface area contributed by atoms with Crippen LogP contribution in [0.25, 0.3) is 0 Å². The van der Waals surface area contributed by atoms with Gasteiger partial charge in [-0.25, -0.2) is 0 Å². The van der Waals surface area contributed by atoms with Crippen molar-refractivity contribution in [2.24, 2.45) is 0 Å². The standard InChI is InChI=1S/C11H7ClIN3O3S2/c12-6-3-5(1-2-7(6)13)9(19)14-10-15-16-11(21-10)20-4-8(17)18/h1-3H,4H2,(H,17,18)(H,14,15,19). The molecule has 0 saturated heterocycles. The Morgan fingerprint density at radius 1 is 1.43 bits per heavy atom. The van der Waals surface area contributed by atoms with Gasteiger partial charge in [0.1, 0.15) is 0 Å². The molecule has 0 spiro atoms. The average molecular weight is 456 g/mol. The third kappa shape index (κ3) is 4.80. The second kappa shape index (κ2) is 7.38. The Bertz CT molecular complexity index is 695. The third-order valence-corrected chi connectivity index (χ3v) is 5.66. The molecule has 0 fully saturated rings. The summed E-state index contributed by atoms with van der Waals surface area (Å²) in [7, 11) is 0. The van der Waals surface area contributed by atoms with Gasteiger partial charge >= 0.3 is 5.97 Å². The molecule has 1 heterocycles. The van der Waals surface area contributed by atoms with Gasteiger partial charge in [-0.2, -0.15) is 0 Å². The van der Waals surface area contributed by atoms with Crippen LogP contribution in [0.4, 0.5) is 5.13 Å². The minimum absolute atomic E-state index is 0.102. The largest absolute Gasteiger partial charge is 0.481 e. The zero-order valence-electron chi connectivity index (χ0n) is 10.2. The first-order chi connectivity index (χ1) is 9.95. The number of nitrogens with zero attached hydrogens (tertiary/aromatic N) is 2. The van der Waals surface area contributed by atoms with Crippen LogP contribution in [0.15, 0.2) is 22.5 Å². The summed E-state index contributed by atoms with van der Waals surface area (Å²) in [6.45, 7) is 0. The fourth-order valence-corrected chi connectivity index (χ4v) is 3.23. The van der Waals surface area contributed by atoms with Crippen LogP contribution in [-0.2, 0) is 4.79 Å². The van der Waals surface area contributed by atoms with E-state index in [2.05, 4.69) is 38.1 Å². The molecule has 1 aromatic carbocycles. The monoisotopic (exact) mass is 455 g/mol. The number of nitrogens with one attached hydrogen (secondary N) is 1. The molecule has 0 aliphatic rings. The van der Waals surface area contributed by atoms with Gasteiger partial charge in [0, 0.05) is 9.13 Å². The summed E-state index contributed by atoms with van der Waals surface area (Å²) < 4.78 is 1.34. The summed E-state index contributed by atoms with van der Waals surface area (Å²) in [5.41, 5.74) is 0.412. The van der Waals surface area contributed by atoms with Crippen LogP contribution in [0.5, 0.6) is 0 Å². The molecule has 110 valence electrons. The van der Waals surface area contributed by atoms with Gasteiger partial charge in [-0.15, -0.1) is 10.2 Å². The lowest BCUT2D eigenvalue weighted by atomic mass is 10.2. The van der Waals surface area contributed by atoms with Gasteiger partial charge in [0.15, 0.2) is 4.34 Å². The number of rotatable bonds is 5. The number of hydrogen-bond acceptors (Lipinski definition) is 6. The molecule has 0 bridgehead atoms. The van der Waals surface area contributed by atoms with Crippen molar-refractivity contribution in [1.82, 2.24) is 10.2 Å². The number of aliphatic carboxylic acids is 1. The molecule has 6 nitrogen and oxygen atoms in total. The highest BCUT2D eigenvalue weighted by molar-refractivity contribution is 14.1. The smallest absolute Gasteiger partial charge is 0.313 e. The number of carboxylic acid groups (broad SMARTS) is 1. The Kier molecular flexibility index (Phi) is 5.79. The van der Waals surface area contributed by atoms with Gasteiger partial charge in [0.2, 0.25) is 5.13 Å². The number of carboxylic acids is 1. The van der Waals surface area contributed by atoms with Crippen LogP contribution in [0.2, 0.25) is 5.02 Å². The Balaban J connectivity index is 2.02. The van der Waals surface area contributed by atoms with Gasteiger partial charge in [0.25, 0.3) is 5.91 Å². The fraction of sp³-hybridized carbons (Fsp3) is 0.0909. The maximum absolute atomic E-state index is 12.0. The van der Waals surface area contributed by atoms with Crippen molar-refractivity contribution in [3.8, 4) is 0 Å². The lowest BCUT2D eigenvalue weighted by molar-refractivity contribution is -0.133. The summed E-state index contributed by atoms with van der Waals surface area (Å²) >= 11 is 10.2. The van der Waals surface area contributed by atoms with Crippen molar-refractivity contribution in [3.63, 3.8) is 0 Å². The van der Waals surface area contributed by atoms with Gasteiger partial charge in [-0.1, -0.05) is 34.7 Å². The zero-order valence-corrected chi connectivity index (χ0v) is 14.7. The lowest BCUT2D eigenvalue weighted by Crippen LogP contribution is -2.11. The maximum Gasteiger partial charge on any atom is 0.313 e. The van der Waals surface area contributed by atoms with E-state index in [1.54, 1.807) is 18.2 Å². The van der Waals surface area contributed by atoms with Crippen LogP contribution >= 0.6 is 57.3 Å². The molecule has 0 aliphatic heterocycles. The summed E-state index contributed by atoms with van der Waals surface area (Å²) in [5.74, 6) is -1.39. The molecule has 10 heteroatoms. The third-order valence-electron chi connectivity index (χ3n) is 2.13. The number of thioether (sulfide) groups is 1. The molecule has 0 aliphatic carbocycles. The average Bonchev–Trinajstić information content (AvgIpc) is 2.87. The van der Waals surface area contributed by atoms with E-state index in [-0.39, 0.29) is 11.7 Å². The van der Waals surface area contributed by atoms with Crippen LogP contribution in [0, 0.1) is 3.57 Å². The van der Waals surface area contributed by atoms with E-state index in [4.69, 9.17) is 16.7 Å². The molecule has 2 N–H and O–H groups in total. The number of carbonyl (C=O) groups excluding carboxylic acids is 1. The molecule has 2 aromatic rings. The molecule has 1 aromatic heterocycles. The SMILES string of the molecule is O=C(O)CSc1nnc(NC(=O)c2ccc(I)c(Cl)c2)s1. The van der Waals surface area contributed by atoms with E-state index < -0.39 is 5.97 Å². The summed E-state index contributed by atoms with van der Waals surface area (Å²) in [4.78, 5) is 22.5. The van der Waals surface area contributed by atoms with E-state index in [1.165, 1.54) is 0 Å². The quantitative estimate of drug-likeness (QED) is 0.409. The molecular weight excluding hydrogens is 449 g/mol. The molecular formula is C11H7ClIN3O3S2. The number of carbonyl (C=O) groups is 2. The number of aromatic nitrogens is 2. The van der Waals surface area contributed by atoms with Crippen LogP contribution < -0.4 is 5.32 Å². The Hall–Kier alpha value is -0.910. The molecule has 0 atom stereocenters. The van der Waals surface area contributed by atoms with Gasteiger partial charge in [-0.05, 0) is 40.8 Å². The summed E-state index contributed by atoms with van der Waals surface area (Å²) in [6, 6.07) is 4.97. The van der Waals surface area contributed by atoms with Crippen molar-refractivity contribution < 1.29 is 14.7 Å². The van der Waals surface area contributed by atoms with Crippen LogP contribution in [0.1, 0.15) is 10.4 Å². The number of anilines is 1. The molecule has 0 unspecified atom stereocenters. The molecule has 0 saturated carbocycles. The lowest BCUT2D eigenvalue weighted by Gasteiger charge is -2.02. The second-order valence-electron chi connectivity index (χ2n) is 3.64. The Morgan fingerprint density at radius 3 is 2.86 bits per heavy atom. The minimum Gasteiger partial charge on any atom is -0.481 e. The second-order valence-corrected chi connectivity index (χ2v) is 7.41. The van der Waals surface area contributed by atoms with Crippen LogP contribution in [-0.4, -0.2) is 32.9 Å². The molecule has 21 heavy (non-hydrogen) atoms. The first-order valence-electron chi connectivity index (χ1n) is 5.40. The molecule has 0 radical (unpaired) electrons. The fourth-order valence-electron chi connectivity index (χ4n) is 1.25. The molecule has 2 rings (SSSR count). The highest BCUT2D eigenvalue weighted by Crippen LogP contribution is 2.26. The van der Waals surface area contributed by atoms with Crippen molar-refractivity contribution in [2.75, 3.05) is 11.1 Å². The normalized spacial score (nSPS) is 10.4. The summed E-state index contributed by atoms with van der Waals surface area (Å²) in [5, 5.41) is 19.6. The highest BCUT2D eigenvalue weighted by Gasteiger charge is 2.12. The predicted octanol–water partition coefficient (Wildman–Crippen LogP) is 3.23. The Labute approximate surface area is 146 Å². The summed E-state index contributed by atoms with van der Waals surface area (Å²) in [6.07, 6.45) is 0. The maximum atomic E-state index is 12.0. The first kappa shape index (κ1) is 16.5. The van der Waals surface area contributed by atoms with E-state index in [1.807, 2.05) is 0 Å². The van der Waals surface area contributed by atoms with E-state index in [0.29, 0.717) is 20.1 Å². The van der Waals surface area contributed by atoms with Crippen molar-refractivity contribution in [2.45, 2.75) is 4.34 Å². The van der Waals surface area contributed by atoms with Gasteiger partial charge in [0.05, 0.1) is 10.8 Å². The molecule has 1 amide bonds. The zero-order chi connectivity index (χ0) is 15.4. The Morgan fingerprint density at radius 2 is 2.19 bits per heavy atom. The minimum atomic E-state index is -0.936. The first-order valence-corrected chi connectivity index (χ1v) is 8.66. The van der Waals surface area contributed by atoms with Crippen molar-refractivity contribution in [3.05, 3.63) is 32.4 Å². The van der Waals surface area contributed by atoms with Crippen molar-refractivity contribution >= 4 is 74.3 Å². The van der Waals surface area contributed by atoms with Gasteiger partial charge in [-0.3, -0.25) is 14.9 Å². The van der Waals surface area contributed by atoms with Crippen molar-refractivity contribution in [1.29, 1.82) is 0 Å². The van der Waals surface area contributed by atoms with E-state index in [9.17, 15) is 9.59 Å². The van der Waals surface area contributed by atoms with Gasteiger partial charge < -0.3 is 5.11 Å². The number of hydrogen-bond donors (Lipinski definition) is 2. The van der Waals surface area contributed by atoms with E-state index >= 15 is 0 Å². The van der Waals surface area contributed by atoms with E-state index in [0.717, 1.165) is 26.7 Å². The topological polar surface area (TPSA) is 92.2 Å². The predicted molar refractivity (Wildman–Crippen MR) is 90.4 cm³/mol. The highest BCUT2D eigenvalue weighted by atomic mass is 127. The number of benzene rings is 1. The van der Waals surface area contributed by atoms with Crippen LogP contribution in [0.3, 0.4) is 0 Å².